The average molecular weight is 255 g/mol. The van der Waals surface area contributed by atoms with E-state index in [4.69, 9.17) is 0 Å². The van der Waals surface area contributed by atoms with Gasteiger partial charge in [-0.05, 0) is 0 Å². The van der Waals surface area contributed by atoms with E-state index in [1.807, 2.05) is 0 Å². The second kappa shape index (κ2) is 4.55. The number of anilines is 1. The van der Waals surface area contributed by atoms with Crippen molar-refractivity contribution >= 4 is 5.82 Å². The second-order valence-corrected chi connectivity index (χ2v) is 3.33. The molecule has 0 unspecified atom stereocenters. The van der Waals surface area contributed by atoms with E-state index < -0.39 is 12.0 Å². The monoisotopic (exact) mass is 255 g/mol. The second-order valence-electron chi connectivity index (χ2n) is 3.33. The predicted molar refractivity (Wildman–Crippen MR) is 57.6 cm³/mol. The molecule has 0 aromatic carbocycles. The van der Waals surface area contributed by atoms with Gasteiger partial charge in [-0.25, -0.2) is 19.9 Å². The molecule has 1 N–H and O–H groups in total. The number of hydrogen-bond acceptors (Lipinski definition) is 5. The highest BCUT2D eigenvalue weighted by Crippen LogP contribution is 2.26. The van der Waals surface area contributed by atoms with Gasteiger partial charge in [-0.3, -0.25) is 0 Å². The topological polar surface area (TPSA) is 63.6 Å². The van der Waals surface area contributed by atoms with Gasteiger partial charge < -0.3 is 5.32 Å². The Kier molecular flexibility index (Phi) is 3.09. The summed E-state index contributed by atoms with van der Waals surface area (Å²) in [5.74, 6) is -0.617. The van der Waals surface area contributed by atoms with Crippen LogP contribution in [-0.2, 0) is 6.18 Å². The lowest BCUT2D eigenvalue weighted by atomic mass is 10.2. The van der Waals surface area contributed by atoms with Crippen LogP contribution in [0.5, 0.6) is 0 Å². The molecule has 0 fully saturated rings. The van der Waals surface area contributed by atoms with E-state index in [2.05, 4.69) is 25.3 Å². The normalized spacial score (nSPS) is 11.3. The van der Waals surface area contributed by atoms with E-state index in [9.17, 15) is 13.2 Å². The fraction of sp³-hybridized carbons (Fsp3) is 0.200. The Balaban J connectivity index is 2.34. The van der Waals surface area contributed by atoms with Crippen molar-refractivity contribution < 1.29 is 13.2 Å². The molecule has 94 valence electrons. The summed E-state index contributed by atoms with van der Waals surface area (Å²) >= 11 is 0. The standard InChI is InChI=1S/C10H8F3N5/c1-14-8-2-7(17-5-18-8)6-3-15-9(16-4-6)10(11,12)13/h2-5H,1H3,(H,14,17,18). The van der Waals surface area contributed by atoms with E-state index in [0.717, 1.165) is 12.4 Å². The van der Waals surface area contributed by atoms with Crippen molar-refractivity contribution in [3.63, 3.8) is 0 Å². The number of rotatable bonds is 2. The third-order valence-electron chi connectivity index (χ3n) is 2.12. The molecular weight excluding hydrogens is 247 g/mol. The zero-order chi connectivity index (χ0) is 13.2. The lowest BCUT2D eigenvalue weighted by molar-refractivity contribution is -0.144. The maximum Gasteiger partial charge on any atom is 0.451 e. The number of nitrogens with one attached hydrogen (secondary N) is 1. The Morgan fingerprint density at radius 3 is 2.28 bits per heavy atom. The van der Waals surface area contributed by atoms with Gasteiger partial charge in [0.05, 0.1) is 5.69 Å². The molecule has 2 rings (SSSR count). The summed E-state index contributed by atoms with van der Waals surface area (Å²) in [6.07, 6.45) is -1.08. The molecule has 0 aliphatic heterocycles. The number of alkyl halides is 3. The molecule has 2 aromatic rings. The maximum atomic E-state index is 12.3. The fourth-order valence-electron chi connectivity index (χ4n) is 1.26. The highest BCUT2D eigenvalue weighted by molar-refractivity contribution is 5.60. The number of hydrogen-bond donors (Lipinski definition) is 1. The maximum absolute atomic E-state index is 12.3. The summed E-state index contributed by atoms with van der Waals surface area (Å²) in [5, 5.41) is 2.80. The van der Waals surface area contributed by atoms with Gasteiger partial charge in [0, 0.05) is 31.1 Å². The van der Waals surface area contributed by atoms with E-state index in [1.54, 1.807) is 13.1 Å². The van der Waals surface area contributed by atoms with Crippen molar-refractivity contribution in [1.29, 1.82) is 0 Å². The van der Waals surface area contributed by atoms with Gasteiger partial charge in [-0.15, -0.1) is 0 Å². The third-order valence-corrected chi connectivity index (χ3v) is 2.12. The summed E-state index contributed by atoms with van der Waals surface area (Å²) in [6.45, 7) is 0. The minimum atomic E-state index is -4.54. The lowest BCUT2D eigenvalue weighted by Gasteiger charge is -2.05. The first kappa shape index (κ1) is 12.2. The largest absolute Gasteiger partial charge is 0.451 e. The highest BCUT2D eigenvalue weighted by atomic mass is 19.4. The van der Waals surface area contributed by atoms with Crippen molar-refractivity contribution in [2.75, 3.05) is 12.4 Å². The van der Waals surface area contributed by atoms with E-state index in [-0.39, 0.29) is 0 Å². The van der Waals surface area contributed by atoms with E-state index >= 15 is 0 Å². The van der Waals surface area contributed by atoms with Gasteiger partial charge in [0.2, 0.25) is 5.82 Å². The van der Waals surface area contributed by atoms with Crippen LogP contribution in [0.2, 0.25) is 0 Å². The third kappa shape index (κ3) is 2.53. The first-order valence-corrected chi connectivity index (χ1v) is 4.90. The zero-order valence-electron chi connectivity index (χ0n) is 9.23. The summed E-state index contributed by atoms with van der Waals surface area (Å²) < 4.78 is 36.8. The van der Waals surface area contributed by atoms with Crippen LogP contribution >= 0.6 is 0 Å². The molecule has 0 aliphatic rings. The lowest BCUT2D eigenvalue weighted by Crippen LogP contribution is -2.10. The Bertz CT molecular complexity index is 538. The molecule has 8 heteroatoms. The average Bonchev–Trinajstić information content (AvgIpc) is 2.38. The van der Waals surface area contributed by atoms with Crippen LogP contribution in [-0.4, -0.2) is 27.0 Å². The Labute approximate surface area is 100 Å². The van der Waals surface area contributed by atoms with Crippen molar-refractivity contribution in [3.05, 3.63) is 30.6 Å². The molecule has 0 atom stereocenters. The zero-order valence-corrected chi connectivity index (χ0v) is 9.23. The molecule has 2 aromatic heterocycles. The molecule has 0 spiro atoms. The van der Waals surface area contributed by atoms with Gasteiger partial charge in [0.1, 0.15) is 12.1 Å². The van der Waals surface area contributed by atoms with Crippen LogP contribution in [0, 0.1) is 0 Å². The molecular formula is C10H8F3N5. The van der Waals surface area contributed by atoms with E-state index in [1.165, 1.54) is 6.33 Å². The molecule has 0 bridgehead atoms. The quantitative estimate of drug-likeness (QED) is 0.889. The van der Waals surface area contributed by atoms with Crippen LogP contribution in [0.25, 0.3) is 11.3 Å². The van der Waals surface area contributed by atoms with Crippen LogP contribution < -0.4 is 5.32 Å². The molecule has 0 saturated heterocycles. The molecule has 0 saturated carbocycles. The molecule has 0 radical (unpaired) electrons. The number of nitrogens with zero attached hydrogens (tertiary/aromatic N) is 4. The summed E-state index contributed by atoms with van der Waals surface area (Å²) in [6, 6.07) is 1.59. The first-order chi connectivity index (χ1) is 8.50. The fourth-order valence-corrected chi connectivity index (χ4v) is 1.26. The van der Waals surface area contributed by atoms with Crippen molar-refractivity contribution in [1.82, 2.24) is 19.9 Å². The smallest absolute Gasteiger partial charge is 0.373 e. The van der Waals surface area contributed by atoms with E-state index in [0.29, 0.717) is 17.1 Å². The minimum absolute atomic E-state index is 0.391. The first-order valence-electron chi connectivity index (χ1n) is 4.90. The van der Waals surface area contributed by atoms with Crippen LogP contribution in [0.1, 0.15) is 5.82 Å². The van der Waals surface area contributed by atoms with Crippen LogP contribution in [0.4, 0.5) is 19.0 Å². The number of aromatic nitrogens is 4. The minimum Gasteiger partial charge on any atom is -0.373 e. The summed E-state index contributed by atoms with van der Waals surface area (Å²) in [4.78, 5) is 14.4. The molecule has 18 heavy (non-hydrogen) atoms. The summed E-state index contributed by atoms with van der Waals surface area (Å²) in [7, 11) is 1.68. The molecule has 0 aliphatic carbocycles. The Morgan fingerprint density at radius 1 is 1.06 bits per heavy atom. The molecule has 5 nitrogen and oxygen atoms in total. The molecule has 0 amide bonds. The SMILES string of the molecule is CNc1cc(-c2cnc(C(F)(F)F)nc2)ncn1. The Hall–Kier alpha value is -2.25. The predicted octanol–water partition coefficient (Wildman–Crippen LogP) is 1.99. The van der Waals surface area contributed by atoms with Crippen molar-refractivity contribution in [2.24, 2.45) is 0 Å². The van der Waals surface area contributed by atoms with Crippen LogP contribution in [0.3, 0.4) is 0 Å². The van der Waals surface area contributed by atoms with Crippen molar-refractivity contribution in [3.8, 4) is 11.3 Å². The van der Waals surface area contributed by atoms with Crippen molar-refractivity contribution in [2.45, 2.75) is 6.18 Å². The molecule has 2 heterocycles. The Morgan fingerprint density at radius 2 is 1.72 bits per heavy atom. The van der Waals surface area contributed by atoms with Crippen LogP contribution in [0.15, 0.2) is 24.8 Å². The van der Waals surface area contributed by atoms with Gasteiger partial charge in [-0.1, -0.05) is 0 Å². The van der Waals surface area contributed by atoms with Gasteiger partial charge in [0.25, 0.3) is 0 Å². The van der Waals surface area contributed by atoms with Gasteiger partial charge in [-0.2, -0.15) is 13.2 Å². The van der Waals surface area contributed by atoms with Gasteiger partial charge >= 0.3 is 6.18 Å². The van der Waals surface area contributed by atoms with Gasteiger partial charge in [0.15, 0.2) is 0 Å². The highest BCUT2D eigenvalue weighted by Gasteiger charge is 2.34. The number of halogens is 3. The summed E-state index contributed by atoms with van der Waals surface area (Å²) in [5.41, 5.74) is 0.838.